The van der Waals surface area contributed by atoms with Crippen molar-refractivity contribution in [2.45, 2.75) is 120 Å². The fourth-order valence-electron chi connectivity index (χ4n) is 5.43. The lowest BCUT2D eigenvalue weighted by molar-refractivity contribution is -0.144. The molecule has 0 unspecified atom stereocenters. The van der Waals surface area contributed by atoms with Crippen molar-refractivity contribution < 1.29 is 28.1 Å². The highest BCUT2D eigenvalue weighted by molar-refractivity contribution is 7.99. The lowest BCUT2D eigenvalue weighted by atomic mass is 9.92. The van der Waals surface area contributed by atoms with Crippen LogP contribution in [0.15, 0.2) is 59.8 Å². The van der Waals surface area contributed by atoms with Crippen LogP contribution in [0.3, 0.4) is 0 Å². The van der Waals surface area contributed by atoms with Crippen LogP contribution in [0.1, 0.15) is 72.3 Å². The highest BCUT2D eigenvalue weighted by atomic mass is 32.2. The lowest BCUT2D eigenvalue weighted by Crippen LogP contribution is -2.46. The summed E-state index contributed by atoms with van der Waals surface area (Å²) in [6.07, 6.45) is 3.99. The summed E-state index contributed by atoms with van der Waals surface area (Å²) in [7, 11) is 1.42. The predicted octanol–water partition coefficient (Wildman–Crippen LogP) is 7.86. The van der Waals surface area contributed by atoms with Crippen molar-refractivity contribution in [1.82, 2.24) is 20.2 Å². The average Bonchev–Trinajstić information content (AvgIpc) is 3.70. The molecule has 1 aliphatic rings. The maximum absolute atomic E-state index is 6.83. The predicted molar refractivity (Wildman–Crippen MR) is 192 cm³/mol. The molecule has 0 saturated carbocycles. The molecule has 1 aliphatic heterocycles. The van der Waals surface area contributed by atoms with Gasteiger partial charge in [0.05, 0.1) is 49.4 Å². The number of rotatable bonds is 19. The summed E-state index contributed by atoms with van der Waals surface area (Å²) in [6, 6.07) is 18.0. The van der Waals surface area contributed by atoms with Crippen LogP contribution in [0.25, 0.3) is 5.69 Å². The summed E-state index contributed by atoms with van der Waals surface area (Å²) in [5.74, 6) is 1.60. The number of methoxy groups -OCH3 is 2. The van der Waals surface area contributed by atoms with E-state index >= 15 is 0 Å². The van der Waals surface area contributed by atoms with E-state index in [0.29, 0.717) is 13.2 Å². The molecule has 48 heavy (non-hydrogen) atoms. The maximum Gasteiger partial charge on any atom is 0.214 e. The van der Waals surface area contributed by atoms with Gasteiger partial charge in [-0.15, -0.1) is 5.10 Å². The molecular weight excluding hydrogens is 645 g/mol. The third kappa shape index (κ3) is 10.8. The largest absolute Gasteiger partial charge is 0.497 e. The van der Waals surface area contributed by atoms with E-state index in [1.165, 1.54) is 0 Å². The van der Waals surface area contributed by atoms with E-state index in [9.17, 15) is 0 Å². The van der Waals surface area contributed by atoms with Crippen molar-refractivity contribution >= 4 is 20.1 Å². The van der Waals surface area contributed by atoms with Crippen molar-refractivity contribution in [2.24, 2.45) is 0 Å². The Labute approximate surface area is 292 Å². The molecule has 0 radical (unpaired) electrons. The molecule has 0 spiro atoms. The van der Waals surface area contributed by atoms with Gasteiger partial charge in [-0.1, -0.05) is 62.9 Å². The maximum atomic E-state index is 6.83. The van der Waals surface area contributed by atoms with Crippen molar-refractivity contribution in [3.63, 3.8) is 0 Å². The number of nitrogens with zero attached hydrogens (tertiary/aromatic N) is 4. The van der Waals surface area contributed by atoms with Gasteiger partial charge in [0.2, 0.25) is 5.16 Å². The number of hydrogen-bond acceptors (Lipinski definition) is 10. The van der Waals surface area contributed by atoms with E-state index in [1.54, 1.807) is 30.7 Å². The second-order valence-electron chi connectivity index (χ2n) is 14.7. The number of aromatic nitrogens is 4. The molecule has 0 amide bonds. The number of tetrazole rings is 1. The van der Waals surface area contributed by atoms with E-state index in [4.69, 9.17) is 28.1 Å². The Hall–Kier alpha value is -2.32. The summed E-state index contributed by atoms with van der Waals surface area (Å²) < 4.78 is 39.0. The first-order valence-corrected chi connectivity index (χ1v) is 20.8. The fraction of sp³-hybridized carbons (Fsp3) is 0.639. The van der Waals surface area contributed by atoms with Gasteiger partial charge >= 0.3 is 0 Å². The molecule has 1 aromatic heterocycles. The van der Waals surface area contributed by atoms with Crippen LogP contribution in [0, 0.1) is 0 Å². The SMILES string of the molecule is COCO[C@](C)(CCSc1nnnn1-c1ccccc1)CC[C@@H](OCc1ccc(OC)cc1)[C@H]1CC[C@](C)(CO[Si](C)(C)C(C)(C)C)O1. The Kier molecular flexibility index (Phi) is 13.7. The lowest BCUT2D eigenvalue weighted by Gasteiger charge is -2.39. The quantitative estimate of drug-likeness (QED) is 0.0698. The molecule has 10 nitrogen and oxygen atoms in total. The Balaban J connectivity index is 1.43. The molecule has 4 atom stereocenters. The number of para-hydroxylation sites is 1. The highest BCUT2D eigenvalue weighted by Crippen LogP contribution is 2.40. The molecule has 12 heteroatoms. The van der Waals surface area contributed by atoms with Gasteiger partial charge in [-0.2, -0.15) is 4.68 Å². The molecule has 0 N–H and O–H groups in total. The van der Waals surface area contributed by atoms with E-state index in [0.717, 1.165) is 60.0 Å². The first-order valence-electron chi connectivity index (χ1n) is 16.9. The minimum absolute atomic E-state index is 0.0483. The monoisotopic (exact) mass is 700 g/mol. The van der Waals surface area contributed by atoms with Gasteiger partial charge in [-0.3, -0.25) is 0 Å². The Morgan fingerprint density at radius 1 is 1.04 bits per heavy atom. The zero-order valence-corrected chi connectivity index (χ0v) is 32.2. The normalized spacial score (nSPS) is 20.5. The number of thioether (sulfide) groups is 1. The van der Waals surface area contributed by atoms with Crippen molar-refractivity contribution in [2.75, 3.05) is 33.4 Å². The Morgan fingerprint density at radius 3 is 2.44 bits per heavy atom. The molecule has 2 heterocycles. The minimum Gasteiger partial charge on any atom is -0.497 e. The molecule has 0 bridgehead atoms. The summed E-state index contributed by atoms with van der Waals surface area (Å²) in [5.41, 5.74) is 1.22. The van der Waals surface area contributed by atoms with Gasteiger partial charge < -0.3 is 28.1 Å². The van der Waals surface area contributed by atoms with Gasteiger partial charge in [0.15, 0.2) is 8.32 Å². The van der Waals surface area contributed by atoms with E-state index < -0.39 is 13.9 Å². The molecule has 0 aliphatic carbocycles. The summed E-state index contributed by atoms with van der Waals surface area (Å²) in [6.45, 7) is 17.0. The molecule has 1 saturated heterocycles. The van der Waals surface area contributed by atoms with Crippen molar-refractivity contribution in [3.05, 3.63) is 60.2 Å². The average molecular weight is 701 g/mol. The third-order valence-electron chi connectivity index (χ3n) is 9.76. The van der Waals surface area contributed by atoms with Gasteiger partial charge in [-0.05, 0) is 104 Å². The van der Waals surface area contributed by atoms with Crippen LogP contribution >= 0.6 is 11.8 Å². The first-order chi connectivity index (χ1) is 22.8. The summed E-state index contributed by atoms with van der Waals surface area (Å²) >= 11 is 1.62. The van der Waals surface area contributed by atoms with Gasteiger partial charge in [0.1, 0.15) is 12.5 Å². The molecule has 1 fully saturated rings. The second kappa shape index (κ2) is 17.1. The summed E-state index contributed by atoms with van der Waals surface area (Å²) in [5, 5.41) is 13.3. The van der Waals surface area contributed by atoms with Gasteiger partial charge in [-0.25, -0.2) is 0 Å². The van der Waals surface area contributed by atoms with Crippen molar-refractivity contribution in [1.29, 1.82) is 0 Å². The zero-order chi connectivity index (χ0) is 34.8. The van der Waals surface area contributed by atoms with Crippen LogP contribution in [0.2, 0.25) is 18.1 Å². The van der Waals surface area contributed by atoms with Crippen molar-refractivity contribution in [3.8, 4) is 11.4 Å². The molecule has 4 rings (SSSR count). The number of ether oxygens (including phenoxy) is 5. The number of hydrogen-bond donors (Lipinski definition) is 0. The van der Waals surface area contributed by atoms with Gasteiger partial charge in [0, 0.05) is 12.9 Å². The standard InChI is InChI=1S/C36H56N4O6SSi/c1-34(2,3)48(8,9)45-26-36(5)22-20-32(46-36)31(43-25-28-15-17-30(42-7)18-16-28)19-21-35(4,44-27-41-6)23-24-47-33-37-38-39-40(33)29-13-11-10-12-14-29/h10-18,31-32H,19-27H2,1-9H3/t31-,32-,35+,36-/m1/s1. The second-order valence-corrected chi connectivity index (χ2v) is 20.6. The molecular formula is C36H56N4O6SSi. The molecule has 2 aromatic carbocycles. The molecule has 3 aromatic rings. The Morgan fingerprint density at radius 2 is 1.77 bits per heavy atom. The highest BCUT2D eigenvalue weighted by Gasteiger charge is 2.44. The van der Waals surface area contributed by atoms with Crippen LogP contribution < -0.4 is 4.74 Å². The van der Waals surface area contributed by atoms with E-state index in [1.807, 2.05) is 42.5 Å². The van der Waals surface area contributed by atoms with Crippen LogP contribution in [-0.4, -0.2) is 85.3 Å². The minimum atomic E-state index is -1.91. The fourth-order valence-corrected chi connectivity index (χ4v) is 7.60. The van der Waals surface area contributed by atoms with Gasteiger partial charge in [0.25, 0.3) is 0 Å². The Bertz CT molecular complexity index is 1390. The van der Waals surface area contributed by atoms with Crippen LogP contribution in [0.5, 0.6) is 5.75 Å². The van der Waals surface area contributed by atoms with Crippen LogP contribution in [-0.2, 0) is 30.0 Å². The zero-order valence-electron chi connectivity index (χ0n) is 30.4. The molecule has 266 valence electrons. The number of benzene rings is 2. The topological polar surface area (TPSA) is 99.0 Å². The van der Waals surface area contributed by atoms with E-state index in [2.05, 4.69) is 75.4 Å². The first kappa shape index (κ1) is 38.5. The smallest absolute Gasteiger partial charge is 0.214 e. The van der Waals surface area contributed by atoms with E-state index in [-0.39, 0.29) is 29.6 Å². The van der Waals surface area contributed by atoms with Crippen LogP contribution in [0.4, 0.5) is 0 Å². The third-order valence-corrected chi connectivity index (χ3v) is 15.2. The summed E-state index contributed by atoms with van der Waals surface area (Å²) in [4.78, 5) is 0.